The molecule has 0 amide bonds. The molecule has 7 nitrogen and oxygen atoms in total. The molecule has 0 aromatic carbocycles. The Morgan fingerprint density at radius 1 is 1.12 bits per heavy atom. The molecule has 0 saturated carbocycles. The highest BCUT2D eigenvalue weighted by Crippen LogP contribution is 2.35. The van der Waals surface area contributed by atoms with Crippen LogP contribution in [0.1, 0.15) is 17.7 Å². The average molecular weight is 343 g/mol. The molecule has 0 fully saturated rings. The van der Waals surface area contributed by atoms with Gasteiger partial charge in [0, 0.05) is 30.3 Å². The van der Waals surface area contributed by atoms with Crippen molar-refractivity contribution in [3.05, 3.63) is 54.2 Å². The van der Waals surface area contributed by atoms with E-state index in [1.807, 2.05) is 43.6 Å². The number of aromatic amines is 1. The number of nitrogens with one attached hydrogen (secondary N) is 1. The van der Waals surface area contributed by atoms with Crippen LogP contribution >= 0.6 is 0 Å². The molecule has 5 rings (SSSR count). The minimum atomic E-state index is 0.599. The van der Waals surface area contributed by atoms with Crippen molar-refractivity contribution in [1.29, 1.82) is 0 Å². The van der Waals surface area contributed by atoms with Gasteiger partial charge in [0.15, 0.2) is 22.8 Å². The minimum absolute atomic E-state index is 0.599. The Bertz CT molecular complexity index is 1100. The van der Waals surface area contributed by atoms with Crippen molar-refractivity contribution in [2.75, 3.05) is 11.4 Å². The van der Waals surface area contributed by atoms with Crippen LogP contribution in [0.25, 0.3) is 22.7 Å². The number of hydrogen-bond acceptors (Lipinski definition) is 6. The first kappa shape index (κ1) is 14.9. The van der Waals surface area contributed by atoms with Crippen molar-refractivity contribution in [3.8, 4) is 11.5 Å². The van der Waals surface area contributed by atoms with Crippen LogP contribution < -0.4 is 4.90 Å². The lowest BCUT2D eigenvalue weighted by molar-refractivity contribution is 0.756. The molecule has 0 atom stereocenters. The third-order valence-corrected chi connectivity index (χ3v) is 4.63. The Kier molecular flexibility index (Phi) is 3.38. The highest BCUT2D eigenvalue weighted by molar-refractivity contribution is 5.88. The van der Waals surface area contributed by atoms with E-state index in [1.165, 1.54) is 5.56 Å². The lowest BCUT2D eigenvalue weighted by atomic mass is 10.0. The fraction of sp³-hybridized carbons (Fsp3) is 0.211. The van der Waals surface area contributed by atoms with Gasteiger partial charge in [-0.15, -0.1) is 0 Å². The van der Waals surface area contributed by atoms with Crippen LogP contribution in [-0.4, -0.2) is 36.4 Å². The number of pyridine rings is 2. The Hall–Kier alpha value is -3.35. The number of H-pyrrole nitrogens is 1. The molecule has 1 aliphatic heterocycles. The second kappa shape index (κ2) is 5.87. The van der Waals surface area contributed by atoms with Crippen molar-refractivity contribution in [2.24, 2.45) is 0 Å². The van der Waals surface area contributed by atoms with Crippen LogP contribution in [0.4, 0.5) is 11.5 Å². The Labute approximate surface area is 150 Å². The number of aromatic nitrogens is 6. The van der Waals surface area contributed by atoms with E-state index >= 15 is 0 Å². The maximum Gasteiger partial charge on any atom is 0.182 e. The second-order valence-electron chi connectivity index (χ2n) is 6.39. The number of anilines is 2. The smallest absolute Gasteiger partial charge is 0.182 e. The van der Waals surface area contributed by atoms with E-state index in [9.17, 15) is 0 Å². The fourth-order valence-corrected chi connectivity index (χ4v) is 3.43. The van der Waals surface area contributed by atoms with Gasteiger partial charge in [-0.25, -0.2) is 19.9 Å². The van der Waals surface area contributed by atoms with E-state index in [2.05, 4.69) is 29.8 Å². The second-order valence-corrected chi connectivity index (χ2v) is 6.39. The maximum atomic E-state index is 4.86. The topological polar surface area (TPSA) is 83.5 Å². The van der Waals surface area contributed by atoms with Crippen LogP contribution in [0.15, 0.2) is 43.0 Å². The Balaban J connectivity index is 1.72. The van der Waals surface area contributed by atoms with Gasteiger partial charge in [-0.1, -0.05) is 6.07 Å². The van der Waals surface area contributed by atoms with E-state index in [4.69, 9.17) is 4.98 Å². The number of fused-ring (bicyclic) bond motifs is 2. The summed E-state index contributed by atoms with van der Waals surface area (Å²) >= 11 is 0. The van der Waals surface area contributed by atoms with Crippen molar-refractivity contribution in [3.63, 3.8) is 0 Å². The molecule has 0 spiro atoms. The summed E-state index contributed by atoms with van der Waals surface area (Å²) in [6.07, 6.45) is 7.50. The molecule has 0 unspecified atom stereocenters. The van der Waals surface area contributed by atoms with Gasteiger partial charge >= 0.3 is 0 Å². The molecule has 0 radical (unpaired) electrons. The number of nitrogens with zero attached hydrogens (tertiary/aromatic N) is 6. The maximum absolute atomic E-state index is 4.86. The first-order chi connectivity index (χ1) is 12.8. The van der Waals surface area contributed by atoms with Gasteiger partial charge in [-0.05, 0) is 43.5 Å². The molecule has 4 aromatic rings. The van der Waals surface area contributed by atoms with Crippen LogP contribution in [0, 0.1) is 6.92 Å². The summed E-state index contributed by atoms with van der Waals surface area (Å²) in [7, 11) is 0. The van der Waals surface area contributed by atoms with Crippen molar-refractivity contribution in [2.45, 2.75) is 19.8 Å². The van der Waals surface area contributed by atoms with E-state index in [1.54, 1.807) is 6.33 Å². The molecule has 1 N–H and O–H groups in total. The van der Waals surface area contributed by atoms with Gasteiger partial charge in [-0.3, -0.25) is 4.98 Å². The van der Waals surface area contributed by atoms with Crippen molar-refractivity contribution in [1.82, 2.24) is 29.9 Å². The zero-order valence-corrected chi connectivity index (χ0v) is 14.3. The zero-order chi connectivity index (χ0) is 17.5. The van der Waals surface area contributed by atoms with Gasteiger partial charge in [0.1, 0.15) is 5.69 Å². The molecular weight excluding hydrogens is 326 g/mol. The van der Waals surface area contributed by atoms with E-state index in [0.717, 1.165) is 53.4 Å². The molecule has 7 heteroatoms. The number of hydrogen-bond donors (Lipinski definition) is 1. The number of rotatable bonds is 2. The van der Waals surface area contributed by atoms with Crippen molar-refractivity contribution < 1.29 is 0 Å². The molecule has 26 heavy (non-hydrogen) atoms. The largest absolute Gasteiger partial charge is 0.329 e. The number of aryl methyl sites for hydroxylation is 2. The quantitative estimate of drug-likeness (QED) is 0.602. The van der Waals surface area contributed by atoms with Crippen molar-refractivity contribution >= 4 is 22.7 Å². The monoisotopic (exact) mass is 343 g/mol. The lowest BCUT2D eigenvalue weighted by Gasteiger charge is -2.30. The summed E-state index contributed by atoms with van der Waals surface area (Å²) < 4.78 is 0. The molecule has 128 valence electrons. The highest BCUT2D eigenvalue weighted by atomic mass is 15.2. The summed E-state index contributed by atoms with van der Waals surface area (Å²) in [4.78, 5) is 28.1. The molecular formula is C19H17N7. The van der Waals surface area contributed by atoms with Crippen LogP contribution in [0.5, 0.6) is 0 Å². The minimum Gasteiger partial charge on any atom is -0.329 e. The highest BCUT2D eigenvalue weighted by Gasteiger charge is 2.23. The number of imidazole rings is 1. The normalized spacial score (nSPS) is 13.8. The third kappa shape index (κ3) is 2.40. The van der Waals surface area contributed by atoms with E-state index < -0.39 is 0 Å². The van der Waals surface area contributed by atoms with Gasteiger partial charge in [-0.2, -0.15) is 0 Å². The summed E-state index contributed by atoms with van der Waals surface area (Å²) in [6, 6.07) is 7.91. The molecule has 5 heterocycles. The standard InChI is InChI=1S/C19H17N7/c1-12-4-2-6-14(23-12)17-24-18-16(21-11-22-18)19(25-17)26-9-3-5-13-10-20-8-7-15(13)26/h2,4,6-8,10-11H,3,5,9H2,1H3,(H,21,22,24,25). The molecule has 0 aliphatic carbocycles. The molecule has 4 aromatic heterocycles. The summed E-state index contributed by atoms with van der Waals surface area (Å²) in [5, 5.41) is 0. The third-order valence-electron chi connectivity index (χ3n) is 4.63. The Morgan fingerprint density at radius 2 is 2.08 bits per heavy atom. The predicted molar refractivity (Wildman–Crippen MR) is 99.2 cm³/mol. The van der Waals surface area contributed by atoms with Gasteiger partial charge in [0.05, 0.1) is 6.33 Å². The molecule has 0 saturated heterocycles. The summed E-state index contributed by atoms with van der Waals surface area (Å²) in [6.45, 7) is 2.85. The first-order valence-corrected chi connectivity index (χ1v) is 8.65. The summed E-state index contributed by atoms with van der Waals surface area (Å²) in [5.74, 6) is 1.41. The SMILES string of the molecule is Cc1cccc(-c2nc(N3CCCc4cnccc43)c3nc[nH]c3n2)n1. The van der Waals surface area contributed by atoms with Gasteiger partial charge < -0.3 is 9.88 Å². The first-order valence-electron chi connectivity index (χ1n) is 8.65. The van der Waals surface area contributed by atoms with Gasteiger partial charge in [0.2, 0.25) is 0 Å². The Morgan fingerprint density at radius 3 is 3.00 bits per heavy atom. The lowest BCUT2D eigenvalue weighted by Crippen LogP contribution is -2.26. The zero-order valence-electron chi connectivity index (χ0n) is 14.3. The van der Waals surface area contributed by atoms with Crippen LogP contribution in [0.3, 0.4) is 0 Å². The van der Waals surface area contributed by atoms with Crippen LogP contribution in [-0.2, 0) is 6.42 Å². The summed E-state index contributed by atoms with van der Waals surface area (Å²) in [5.41, 5.74) is 5.55. The average Bonchev–Trinajstić information content (AvgIpc) is 3.15. The fourth-order valence-electron chi connectivity index (χ4n) is 3.43. The van der Waals surface area contributed by atoms with Crippen LogP contribution in [0.2, 0.25) is 0 Å². The van der Waals surface area contributed by atoms with E-state index in [-0.39, 0.29) is 0 Å². The predicted octanol–water partition coefficient (Wildman–Crippen LogP) is 3.20. The molecule has 0 bridgehead atoms. The van der Waals surface area contributed by atoms with E-state index in [0.29, 0.717) is 5.82 Å². The van der Waals surface area contributed by atoms with Gasteiger partial charge in [0.25, 0.3) is 0 Å². The molecule has 1 aliphatic rings.